The molecule has 3 saturated heterocycles. The smallest absolute Gasteiger partial charge is 0.136 e. The van der Waals surface area contributed by atoms with E-state index >= 15 is 0 Å². The molecule has 3 heteroatoms. The van der Waals surface area contributed by atoms with Crippen LogP contribution in [0.1, 0.15) is 45.4 Å². The van der Waals surface area contributed by atoms with Crippen molar-refractivity contribution in [1.29, 1.82) is 0 Å². The number of ether oxygens (including phenoxy) is 1. The second kappa shape index (κ2) is 4.11. The summed E-state index contributed by atoms with van der Waals surface area (Å²) < 4.78 is 5.79. The number of nitrogens with zero attached hydrogens (tertiary/aromatic N) is 1. The van der Waals surface area contributed by atoms with Crippen LogP contribution in [0, 0.1) is 0 Å². The van der Waals surface area contributed by atoms with Crippen molar-refractivity contribution in [1.82, 2.24) is 4.90 Å². The molecule has 0 saturated carbocycles. The molecule has 0 aliphatic carbocycles. The number of rotatable bonds is 2. The first-order valence-electron chi connectivity index (χ1n) is 6.66. The number of Topliss-reactive ketones (excluding diaryl/α,β-unsaturated/α-hetero) is 1. The highest BCUT2D eigenvalue weighted by molar-refractivity contribution is 5.81. The van der Waals surface area contributed by atoms with Gasteiger partial charge in [0.05, 0.1) is 6.10 Å². The van der Waals surface area contributed by atoms with Crippen LogP contribution in [0.3, 0.4) is 0 Å². The molecule has 2 bridgehead atoms. The second-order valence-corrected chi connectivity index (χ2v) is 5.57. The topological polar surface area (TPSA) is 29.5 Å². The molecule has 0 aromatic carbocycles. The summed E-state index contributed by atoms with van der Waals surface area (Å²) in [5, 5.41) is 0. The highest BCUT2D eigenvalue weighted by atomic mass is 16.5. The highest BCUT2D eigenvalue weighted by Crippen LogP contribution is 2.37. The molecule has 3 nitrogen and oxygen atoms in total. The molecule has 90 valence electrons. The Kier molecular flexibility index (Phi) is 2.76. The summed E-state index contributed by atoms with van der Waals surface area (Å²) in [6, 6.07) is 1.55. The van der Waals surface area contributed by atoms with E-state index in [1.807, 2.05) is 0 Å². The fourth-order valence-corrected chi connectivity index (χ4v) is 3.85. The van der Waals surface area contributed by atoms with Gasteiger partial charge in [0, 0.05) is 37.6 Å². The first kappa shape index (κ1) is 10.7. The third-order valence-corrected chi connectivity index (χ3v) is 4.58. The Morgan fingerprint density at radius 2 is 1.94 bits per heavy atom. The Hall–Kier alpha value is -0.410. The molecule has 4 unspecified atom stereocenters. The highest BCUT2D eigenvalue weighted by Gasteiger charge is 2.44. The van der Waals surface area contributed by atoms with E-state index in [-0.39, 0.29) is 0 Å². The molecule has 3 heterocycles. The maximum Gasteiger partial charge on any atom is 0.136 e. The van der Waals surface area contributed by atoms with Crippen LogP contribution in [0.2, 0.25) is 0 Å². The number of piperidine rings is 1. The normalized spacial score (nSPS) is 41.6. The van der Waals surface area contributed by atoms with Crippen LogP contribution in [0.4, 0.5) is 0 Å². The minimum absolute atomic E-state index is 0.413. The molecule has 0 aromatic rings. The van der Waals surface area contributed by atoms with Crippen LogP contribution in [-0.4, -0.2) is 41.5 Å². The van der Waals surface area contributed by atoms with Gasteiger partial charge < -0.3 is 4.74 Å². The van der Waals surface area contributed by atoms with Crippen LogP contribution in [-0.2, 0) is 9.53 Å². The van der Waals surface area contributed by atoms with Gasteiger partial charge >= 0.3 is 0 Å². The van der Waals surface area contributed by atoms with Crippen molar-refractivity contribution in [2.75, 3.05) is 6.61 Å². The number of hydrogen-bond acceptors (Lipinski definition) is 3. The zero-order chi connectivity index (χ0) is 11.1. The van der Waals surface area contributed by atoms with E-state index in [1.165, 1.54) is 25.7 Å². The summed E-state index contributed by atoms with van der Waals surface area (Å²) in [7, 11) is 0. The average Bonchev–Trinajstić information content (AvgIpc) is 2.85. The maximum absolute atomic E-state index is 11.6. The van der Waals surface area contributed by atoms with Crippen molar-refractivity contribution in [2.24, 2.45) is 0 Å². The molecule has 0 amide bonds. The summed E-state index contributed by atoms with van der Waals surface area (Å²) in [5.74, 6) is 0.475. The van der Waals surface area contributed by atoms with E-state index in [0.29, 0.717) is 30.0 Å². The molecule has 16 heavy (non-hydrogen) atoms. The van der Waals surface area contributed by atoms with Gasteiger partial charge in [-0.25, -0.2) is 0 Å². The molecule has 3 aliphatic rings. The van der Waals surface area contributed by atoms with E-state index in [4.69, 9.17) is 4.74 Å². The SMILES string of the molecule is CC(C1CCCO1)N1C2CCC1CC(=O)C2. The van der Waals surface area contributed by atoms with Gasteiger partial charge in [0.25, 0.3) is 0 Å². The standard InChI is InChI=1S/C13H21NO2/c1-9(13-3-2-6-16-13)14-10-4-5-11(14)8-12(15)7-10/h9-11,13H,2-8H2,1H3. The lowest BCUT2D eigenvalue weighted by Crippen LogP contribution is -2.52. The predicted molar refractivity (Wildman–Crippen MR) is 61.3 cm³/mol. The molecule has 0 aromatic heterocycles. The van der Waals surface area contributed by atoms with Crippen LogP contribution >= 0.6 is 0 Å². The maximum atomic E-state index is 11.6. The van der Waals surface area contributed by atoms with Gasteiger partial charge in [0.2, 0.25) is 0 Å². The number of ketones is 1. The van der Waals surface area contributed by atoms with E-state index < -0.39 is 0 Å². The Morgan fingerprint density at radius 1 is 1.25 bits per heavy atom. The molecule has 0 spiro atoms. The zero-order valence-electron chi connectivity index (χ0n) is 10.0. The van der Waals surface area contributed by atoms with Gasteiger partial charge in [-0.15, -0.1) is 0 Å². The zero-order valence-corrected chi connectivity index (χ0v) is 10.0. The number of carbonyl (C=O) groups excluding carboxylic acids is 1. The Balaban J connectivity index is 1.72. The molecule has 3 aliphatic heterocycles. The van der Waals surface area contributed by atoms with Gasteiger partial charge in [-0.3, -0.25) is 9.69 Å². The molecule has 3 rings (SSSR count). The Bertz CT molecular complexity index is 270. The van der Waals surface area contributed by atoms with Crippen molar-refractivity contribution >= 4 is 5.78 Å². The third kappa shape index (κ3) is 1.70. The molecule has 4 atom stereocenters. The minimum atomic E-state index is 0.413. The van der Waals surface area contributed by atoms with Crippen molar-refractivity contribution in [3.8, 4) is 0 Å². The lowest BCUT2D eigenvalue weighted by Gasteiger charge is -2.40. The van der Waals surface area contributed by atoms with Crippen molar-refractivity contribution in [3.05, 3.63) is 0 Å². The minimum Gasteiger partial charge on any atom is -0.377 e. The van der Waals surface area contributed by atoms with Gasteiger partial charge in [0.1, 0.15) is 5.78 Å². The molecule has 0 radical (unpaired) electrons. The van der Waals surface area contributed by atoms with Crippen LogP contribution in [0.15, 0.2) is 0 Å². The number of carbonyl (C=O) groups is 1. The first-order valence-corrected chi connectivity index (χ1v) is 6.66. The lowest BCUT2D eigenvalue weighted by molar-refractivity contribution is -0.125. The fourth-order valence-electron chi connectivity index (χ4n) is 3.85. The van der Waals surface area contributed by atoms with Crippen molar-refractivity contribution < 1.29 is 9.53 Å². The Morgan fingerprint density at radius 3 is 2.50 bits per heavy atom. The summed E-state index contributed by atoms with van der Waals surface area (Å²) in [4.78, 5) is 14.2. The van der Waals surface area contributed by atoms with Crippen LogP contribution in [0.25, 0.3) is 0 Å². The summed E-state index contributed by atoms with van der Waals surface area (Å²) in [6.45, 7) is 3.22. The number of hydrogen-bond donors (Lipinski definition) is 0. The van der Waals surface area contributed by atoms with Gasteiger partial charge in [0.15, 0.2) is 0 Å². The summed E-state index contributed by atoms with van der Waals surface area (Å²) in [6.07, 6.45) is 6.82. The molecule has 0 N–H and O–H groups in total. The first-order chi connectivity index (χ1) is 7.75. The quantitative estimate of drug-likeness (QED) is 0.714. The molecular weight excluding hydrogens is 202 g/mol. The van der Waals surface area contributed by atoms with E-state index in [1.54, 1.807) is 0 Å². The predicted octanol–water partition coefficient (Wildman–Crippen LogP) is 1.75. The largest absolute Gasteiger partial charge is 0.377 e. The Labute approximate surface area is 97.1 Å². The molecular formula is C13H21NO2. The average molecular weight is 223 g/mol. The fraction of sp³-hybridized carbons (Fsp3) is 0.923. The van der Waals surface area contributed by atoms with Crippen LogP contribution in [0.5, 0.6) is 0 Å². The summed E-state index contributed by atoms with van der Waals surface area (Å²) in [5.41, 5.74) is 0. The van der Waals surface area contributed by atoms with E-state index in [9.17, 15) is 4.79 Å². The summed E-state index contributed by atoms with van der Waals surface area (Å²) >= 11 is 0. The van der Waals surface area contributed by atoms with Crippen molar-refractivity contribution in [2.45, 2.75) is 69.7 Å². The monoisotopic (exact) mass is 223 g/mol. The van der Waals surface area contributed by atoms with Crippen LogP contribution < -0.4 is 0 Å². The second-order valence-electron chi connectivity index (χ2n) is 5.57. The van der Waals surface area contributed by atoms with Crippen molar-refractivity contribution in [3.63, 3.8) is 0 Å². The van der Waals surface area contributed by atoms with Gasteiger partial charge in [-0.2, -0.15) is 0 Å². The van der Waals surface area contributed by atoms with E-state index in [2.05, 4.69) is 11.8 Å². The van der Waals surface area contributed by atoms with Gasteiger partial charge in [-0.1, -0.05) is 0 Å². The third-order valence-electron chi connectivity index (χ3n) is 4.58. The number of fused-ring (bicyclic) bond motifs is 2. The lowest BCUT2D eigenvalue weighted by atomic mass is 9.97. The van der Waals surface area contributed by atoms with Gasteiger partial charge in [-0.05, 0) is 32.6 Å². The van der Waals surface area contributed by atoms with E-state index in [0.717, 1.165) is 19.4 Å². The molecule has 3 fully saturated rings.